The van der Waals surface area contributed by atoms with E-state index < -0.39 is 0 Å². The van der Waals surface area contributed by atoms with Crippen molar-refractivity contribution >= 4 is 27.6 Å². The Balaban J connectivity index is 1.96. The number of carbonyl (C=O) groups is 1. The molecule has 0 saturated carbocycles. The minimum absolute atomic E-state index is 0.0393. The Morgan fingerprint density at radius 3 is 2.50 bits per heavy atom. The minimum atomic E-state index is -0.354. The number of benzene rings is 3. The maximum absolute atomic E-state index is 13.5. The molecule has 3 aromatic carbocycles. The van der Waals surface area contributed by atoms with Gasteiger partial charge in [0.2, 0.25) is 5.91 Å². The van der Waals surface area contributed by atoms with E-state index in [1.165, 1.54) is 0 Å². The molecule has 0 fully saturated rings. The molecule has 0 saturated heterocycles. The number of fused-ring (bicyclic) bond motifs is 2. The van der Waals surface area contributed by atoms with E-state index in [0.29, 0.717) is 23.1 Å². The topological polar surface area (TPSA) is 55.2 Å². The van der Waals surface area contributed by atoms with Gasteiger partial charge in [0, 0.05) is 13.5 Å². The molecule has 0 N–H and O–H groups in total. The summed E-state index contributed by atoms with van der Waals surface area (Å²) in [4.78, 5) is 32.6. The van der Waals surface area contributed by atoms with Gasteiger partial charge in [-0.25, -0.2) is 4.98 Å². The summed E-state index contributed by atoms with van der Waals surface area (Å²) >= 11 is 0. The van der Waals surface area contributed by atoms with Gasteiger partial charge < -0.3 is 4.90 Å². The first kappa shape index (κ1) is 19.8. The van der Waals surface area contributed by atoms with Crippen molar-refractivity contribution in [1.29, 1.82) is 0 Å². The fourth-order valence-corrected chi connectivity index (χ4v) is 3.77. The maximum Gasteiger partial charge on any atom is 0.266 e. The molecular formula is C25H25N3O2. The molecule has 5 heteroatoms. The van der Waals surface area contributed by atoms with Crippen molar-refractivity contribution in [2.24, 2.45) is 0 Å². The molecule has 30 heavy (non-hydrogen) atoms. The lowest BCUT2D eigenvalue weighted by Crippen LogP contribution is -2.34. The predicted molar refractivity (Wildman–Crippen MR) is 121 cm³/mol. The lowest BCUT2D eigenvalue weighted by atomic mass is 10.1. The summed E-state index contributed by atoms with van der Waals surface area (Å²) in [7, 11) is 1.77. The van der Waals surface area contributed by atoms with Crippen molar-refractivity contribution in [1.82, 2.24) is 14.5 Å². The van der Waals surface area contributed by atoms with Gasteiger partial charge in [0.25, 0.3) is 5.56 Å². The zero-order valence-electron chi connectivity index (χ0n) is 17.5. The van der Waals surface area contributed by atoms with Gasteiger partial charge >= 0.3 is 0 Å². The highest BCUT2D eigenvalue weighted by atomic mass is 16.2. The van der Waals surface area contributed by atoms with E-state index in [1.807, 2.05) is 74.5 Å². The molecule has 0 spiro atoms. The minimum Gasteiger partial charge on any atom is -0.336 e. The van der Waals surface area contributed by atoms with E-state index in [1.54, 1.807) is 22.6 Å². The van der Waals surface area contributed by atoms with Gasteiger partial charge in [-0.3, -0.25) is 14.2 Å². The van der Waals surface area contributed by atoms with Gasteiger partial charge in [-0.05, 0) is 48.4 Å². The highest BCUT2D eigenvalue weighted by molar-refractivity contribution is 5.85. The molecular weight excluding hydrogens is 374 g/mol. The fraction of sp³-hybridized carbons (Fsp3) is 0.240. The van der Waals surface area contributed by atoms with Crippen LogP contribution >= 0.6 is 0 Å². The third-order valence-electron chi connectivity index (χ3n) is 5.60. The molecule has 1 amide bonds. The van der Waals surface area contributed by atoms with Gasteiger partial charge in [0.1, 0.15) is 5.82 Å². The van der Waals surface area contributed by atoms with E-state index in [-0.39, 0.29) is 17.5 Å². The zero-order chi connectivity index (χ0) is 21.3. The third kappa shape index (κ3) is 3.47. The largest absolute Gasteiger partial charge is 0.336 e. The number of aromatic nitrogens is 2. The van der Waals surface area contributed by atoms with E-state index in [9.17, 15) is 9.59 Å². The second-order valence-corrected chi connectivity index (χ2v) is 7.59. The van der Waals surface area contributed by atoms with Crippen LogP contribution in [0.4, 0.5) is 0 Å². The quantitative estimate of drug-likeness (QED) is 0.482. The Bertz CT molecular complexity index is 1290. The summed E-state index contributed by atoms with van der Waals surface area (Å²) in [6, 6.07) is 21.0. The predicted octanol–water partition coefficient (Wildman–Crippen LogP) is 4.86. The standard InChI is InChI=1S/C25H25N3O2/c1-4-9-23(29)27(3)17(2)24-26-22-13-8-7-12-21(22)25(30)28(24)20-15-14-18-10-5-6-11-19(18)16-20/h5-8,10-17H,4,9H2,1-3H3. The number of para-hydroxylation sites is 1. The number of nitrogens with zero attached hydrogens (tertiary/aromatic N) is 3. The Hall–Kier alpha value is -3.47. The molecule has 152 valence electrons. The van der Waals surface area contributed by atoms with Crippen molar-refractivity contribution in [2.75, 3.05) is 7.05 Å². The average Bonchev–Trinajstić information content (AvgIpc) is 2.78. The smallest absolute Gasteiger partial charge is 0.266 e. The van der Waals surface area contributed by atoms with E-state index in [2.05, 4.69) is 0 Å². The Labute approximate surface area is 175 Å². The first-order valence-electron chi connectivity index (χ1n) is 10.3. The molecule has 1 aromatic heterocycles. The summed E-state index contributed by atoms with van der Waals surface area (Å²) in [5, 5.41) is 2.71. The molecule has 5 nitrogen and oxygen atoms in total. The average molecular weight is 399 g/mol. The molecule has 0 radical (unpaired) electrons. The summed E-state index contributed by atoms with van der Waals surface area (Å²) in [5.41, 5.74) is 1.25. The first-order chi connectivity index (χ1) is 14.5. The zero-order valence-corrected chi connectivity index (χ0v) is 17.5. The van der Waals surface area contributed by atoms with Crippen molar-refractivity contribution in [3.8, 4) is 5.69 Å². The van der Waals surface area contributed by atoms with E-state index >= 15 is 0 Å². The summed E-state index contributed by atoms with van der Waals surface area (Å²) in [5.74, 6) is 0.596. The monoisotopic (exact) mass is 399 g/mol. The van der Waals surface area contributed by atoms with Crippen LogP contribution in [0, 0.1) is 0 Å². The van der Waals surface area contributed by atoms with Gasteiger partial charge in [-0.1, -0.05) is 49.4 Å². The van der Waals surface area contributed by atoms with Crippen molar-refractivity contribution in [3.05, 3.63) is 82.9 Å². The molecule has 0 bridgehead atoms. The molecule has 1 unspecified atom stereocenters. The highest BCUT2D eigenvalue weighted by Crippen LogP contribution is 2.24. The molecule has 4 aromatic rings. The van der Waals surface area contributed by atoms with Crippen LogP contribution in [0.1, 0.15) is 38.6 Å². The summed E-state index contributed by atoms with van der Waals surface area (Å²) in [6.45, 7) is 3.90. The molecule has 1 atom stereocenters. The van der Waals surface area contributed by atoms with Crippen molar-refractivity contribution in [2.45, 2.75) is 32.7 Å². The second-order valence-electron chi connectivity index (χ2n) is 7.59. The normalized spacial score (nSPS) is 12.2. The van der Waals surface area contributed by atoms with E-state index in [4.69, 9.17) is 4.98 Å². The van der Waals surface area contributed by atoms with Crippen LogP contribution in [0.2, 0.25) is 0 Å². The molecule has 1 heterocycles. The van der Waals surface area contributed by atoms with Gasteiger partial charge in [0.15, 0.2) is 0 Å². The van der Waals surface area contributed by atoms with E-state index in [0.717, 1.165) is 22.9 Å². The summed E-state index contributed by atoms with van der Waals surface area (Å²) in [6.07, 6.45) is 1.24. The van der Waals surface area contributed by atoms with Crippen molar-refractivity contribution in [3.63, 3.8) is 0 Å². The molecule has 4 rings (SSSR count). The number of amides is 1. The molecule has 0 aliphatic heterocycles. The van der Waals surface area contributed by atoms with Crippen molar-refractivity contribution < 1.29 is 4.79 Å². The van der Waals surface area contributed by atoms with Gasteiger partial charge in [0.05, 0.1) is 22.6 Å². The Kier molecular flexibility index (Phi) is 5.36. The number of carbonyl (C=O) groups excluding carboxylic acids is 1. The highest BCUT2D eigenvalue weighted by Gasteiger charge is 2.23. The van der Waals surface area contributed by atoms with Crippen LogP contribution in [-0.2, 0) is 4.79 Å². The lowest BCUT2D eigenvalue weighted by molar-refractivity contribution is -0.132. The number of hydrogen-bond donors (Lipinski definition) is 0. The van der Waals surface area contributed by atoms with Crippen LogP contribution in [0.5, 0.6) is 0 Å². The van der Waals surface area contributed by atoms with Gasteiger partial charge in [-0.15, -0.1) is 0 Å². The molecule has 0 aliphatic rings. The SMILES string of the molecule is CCCC(=O)N(C)C(C)c1nc2ccccc2c(=O)n1-c1ccc2ccccc2c1. The fourth-order valence-electron chi connectivity index (χ4n) is 3.77. The Morgan fingerprint density at radius 2 is 1.73 bits per heavy atom. The first-order valence-corrected chi connectivity index (χ1v) is 10.3. The van der Waals surface area contributed by atoms with Crippen LogP contribution in [-0.4, -0.2) is 27.4 Å². The van der Waals surface area contributed by atoms with Crippen LogP contribution in [0.3, 0.4) is 0 Å². The van der Waals surface area contributed by atoms with Gasteiger partial charge in [-0.2, -0.15) is 0 Å². The van der Waals surface area contributed by atoms with Crippen LogP contribution in [0.25, 0.3) is 27.4 Å². The molecule has 0 aliphatic carbocycles. The Morgan fingerprint density at radius 1 is 1.03 bits per heavy atom. The van der Waals surface area contributed by atoms with Crippen LogP contribution < -0.4 is 5.56 Å². The second kappa shape index (κ2) is 8.11. The summed E-state index contributed by atoms with van der Waals surface area (Å²) < 4.78 is 1.65. The maximum atomic E-state index is 13.5. The van der Waals surface area contributed by atoms with Crippen LogP contribution in [0.15, 0.2) is 71.5 Å². The lowest BCUT2D eigenvalue weighted by Gasteiger charge is -2.27. The third-order valence-corrected chi connectivity index (χ3v) is 5.60. The number of rotatable bonds is 5. The number of hydrogen-bond acceptors (Lipinski definition) is 3.